The Morgan fingerprint density at radius 3 is 3.04 bits per heavy atom. The van der Waals surface area contributed by atoms with E-state index in [1.54, 1.807) is 11.3 Å². The summed E-state index contributed by atoms with van der Waals surface area (Å²) in [5, 5.41) is 6.43. The van der Waals surface area contributed by atoms with Crippen LogP contribution in [0.15, 0.2) is 5.38 Å². The average molecular weight is 350 g/mol. The summed E-state index contributed by atoms with van der Waals surface area (Å²) in [5.41, 5.74) is 1.11. The molecule has 1 aromatic heterocycles. The van der Waals surface area contributed by atoms with Gasteiger partial charge in [0, 0.05) is 37.1 Å². The highest BCUT2D eigenvalue weighted by Crippen LogP contribution is 2.36. The number of hydrogen-bond acceptors (Lipinski definition) is 5. The lowest BCUT2D eigenvalue weighted by atomic mass is 9.81. The third-order valence-electron chi connectivity index (χ3n) is 5.59. The zero-order valence-electron chi connectivity index (χ0n) is 14.4. The number of nitrogens with one attached hydrogen (secondary N) is 1. The van der Waals surface area contributed by atoms with Gasteiger partial charge >= 0.3 is 0 Å². The molecular weight excluding hydrogens is 322 g/mol. The number of amides is 1. The molecule has 0 unspecified atom stereocenters. The van der Waals surface area contributed by atoms with Crippen molar-refractivity contribution >= 4 is 17.2 Å². The number of carbonyl (C=O) groups excluding carboxylic acids is 1. The van der Waals surface area contributed by atoms with Crippen LogP contribution in [-0.4, -0.2) is 48.6 Å². The summed E-state index contributed by atoms with van der Waals surface area (Å²) in [4.78, 5) is 19.3. The van der Waals surface area contributed by atoms with Crippen molar-refractivity contribution < 1.29 is 9.53 Å². The monoisotopic (exact) mass is 349 g/mol. The van der Waals surface area contributed by atoms with Gasteiger partial charge in [0.2, 0.25) is 5.91 Å². The molecule has 4 rings (SSSR count). The molecule has 2 saturated heterocycles. The van der Waals surface area contributed by atoms with Crippen LogP contribution in [0.5, 0.6) is 0 Å². The first-order valence-electron chi connectivity index (χ1n) is 9.15. The van der Waals surface area contributed by atoms with Gasteiger partial charge in [-0.2, -0.15) is 0 Å². The molecule has 0 radical (unpaired) electrons. The molecule has 3 atom stereocenters. The molecule has 1 amide bonds. The van der Waals surface area contributed by atoms with E-state index in [1.165, 1.54) is 17.8 Å². The zero-order chi connectivity index (χ0) is 16.5. The molecule has 3 aliphatic rings. The van der Waals surface area contributed by atoms with E-state index in [0.29, 0.717) is 24.2 Å². The smallest absolute Gasteiger partial charge is 0.220 e. The van der Waals surface area contributed by atoms with Crippen LogP contribution < -0.4 is 5.32 Å². The van der Waals surface area contributed by atoms with Gasteiger partial charge in [-0.25, -0.2) is 4.98 Å². The number of thiazole rings is 1. The van der Waals surface area contributed by atoms with Crippen LogP contribution in [0.4, 0.5) is 0 Å². The van der Waals surface area contributed by atoms with Crippen molar-refractivity contribution in [3.63, 3.8) is 0 Å². The Labute approximate surface area is 147 Å². The summed E-state index contributed by atoms with van der Waals surface area (Å²) >= 11 is 1.75. The molecule has 1 N–H and O–H groups in total. The van der Waals surface area contributed by atoms with Gasteiger partial charge in [0.1, 0.15) is 5.01 Å². The van der Waals surface area contributed by atoms with Gasteiger partial charge < -0.3 is 10.1 Å². The van der Waals surface area contributed by atoms with Gasteiger partial charge in [-0.3, -0.25) is 9.69 Å². The lowest BCUT2D eigenvalue weighted by Gasteiger charge is -2.32. The van der Waals surface area contributed by atoms with Gasteiger partial charge in [-0.05, 0) is 43.4 Å². The molecular formula is C18H27N3O2S. The van der Waals surface area contributed by atoms with E-state index in [2.05, 4.69) is 20.6 Å². The van der Waals surface area contributed by atoms with Gasteiger partial charge in [0.05, 0.1) is 19.8 Å². The maximum atomic E-state index is 12.2. The van der Waals surface area contributed by atoms with E-state index in [9.17, 15) is 4.79 Å². The molecule has 1 saturated carbocycles. The first kappa shape index (κ1) is 16.5. The zero-order valence-corrected chi connectivity index (χ0v) is 15.2. The Morgan fingerprint density at radius 2 is 2.29 bits per heavy atom. The minimum absolute atomic E-state index is 0.213. The number of nitrogens with zero attached hydrogens (tertiary/aromatic N) is 2. The second-order valence-corrected chi connectivity index (χ2v) is 8.69. The largest absolute Gasteiger partial charge is 0.381 e. The minimum atomic E-state index is 0.213. The Balaban J connectivity index is 1.31. The summed E-state index contributed by atoms with van der Waals surface area (Å²) in [5.74, 6) is 2.48. The molecule has 6 heteroatoms. The highest BCUT2D eigenvalue weighted by molar-refractivity contribution is 7.09. The quantitative estimate of drug-likeness (QED) is 0.854. The first-order valence-corrected chi connectivity index (χ1v) is 10.0. The molecule has 0 spiro atoms. The Bertz CT molecular complexity index is 587. The standard InChI is InChI=1S/C18H27N3O2S/c1-12-11-24-18(20-12)8-21-6-15-10-23-9-14(16(15)7-21)4-17(22)19-5-13-2-3-13/h11,13-16H,2-10H2,1H3,(H,19,22)/t14-,15-,16+/m1/s1. The number of hydrogen-bond donors (Lipinski definition) is 1. The Hall–Kier alpha value is -0.980. The lowest BCUT2D eigenvalue weighted by Crippen LogP contribution is -2.38. The average Bonchev–Trinajstić information content (AvgIpc) is 3.16. The number of aromatic nitrogens is 1. The van der Waals surface area contributed by atoms with Crippen molar-refractivity contribution in [2.45, 2.75) is 32.7 Å². The van der Waals surface area contributed by atoms with E-state index in [-0.39, 0.29) is 5.91 Å². The summed E-state index contributed by atoms with van der Waals surface area (Å²) < 4.78 is 5.82. The molecule has 1 aromatic rings. The minimum Gasteiger partial charge on any atom is -0.381 e. The van der Waals surface area contributed by atoms with Crippen molar-refractivity contribution in [1.82, 2.24) is 15.2 Å². The van der Waals surface area contributed by atoms with Gasteiger partial charge in [0.15, 0.2) is 0 Å². The van der Waals surface area contributed by atoms with E-state index in [1.807, 2.05) is 6.92 Å². The highest BCUT2D eigenvalue weighted by atomic mass is 32.1. The molecule has 132 valence electrons. The third-order valence-corrected chi connectivity index (χ3v) is 6.55. The predicted octanol–water partition coefficient (Wildman–Crippen LogP) is 2.06. The van der Waals surface area contributed by atoms with Crippen molar-refractivity contribution in [1.29, 1.82) is 0 Å². The normalized spacial score (nSPS) is 30.3. The number of carbonyl (C=O) groups is 1. The van der Waals surface area contributed by atoms with Crippen LogP contribution in [0, 0.1) is 30.6 Å². The molecule has 2 aliphatic heterocycles. The molecule has 24 heavy (non-hydrogen) atoms. The number of fused-ring (bicyclic) bond motifs is 1. The fourth-order valence-electron chi connectivity index (χ4n) is 4.09. The van der Waals surface area contributed by atoms with Crippen LogP contribution >= 0.6 is 11.3 Å². The second kappa shape index (κ2) is 7.10. The topological polar surface area (TPSA) is 54.5 Å². The number of aryl methyl sites for hydroxylation is 1. The third kappa shape index (κ3) is 3.98. The second-order valence-electron chi connectivity index (χ2n) is 7.75. The molecule has 3 heterocycles. The molecule has 3 fully saturated rings. The van der Waals surface area contributed by atoms with E-state index >= 15 is 0 Å². The Morgan fingerprint density at radius 1 is 1.42 bits per heavy atom. The fourth-order valence-corrected chi connectivity index (χ4v) is 4.90. The number of rotatable bonds is 6. The highest BCUT2D eigenvalue weighted by Gasteiger charge is 2.41. The predicted molar refractivity (Wildman–Crippen MR) is 93.8 cm³/mol. The van der Waals surface area contributed by atoms with Crippen molar-refractivity contribution in [3.05, 3.63) is 16.1 Å². The maximum Gasteiger partial charge on any atom is 0.220 e. The van der Waals surface area contributed by atoms with Gasteiger partial charge in [0.25, 0.3) is 0 Å². The molecule has 0 aromatic carbocycles. The van der Waals surface area contributed by atoms with E-state index in [0.717, 1.165) is 51.0 Å². The maximum absolute atomic E-state index is 12.2. The van der Waals surface area contributed by atoms with E-state index < -0.39 is 0 Å². The van der Waals surface area contributed by atoms with Crippen LogP contribution in [0.2, 0.25) is 0 Å². The lowest BCUT2D eigenvalue weighted by molar-refractivity contribution is -0.124. The van der Waals surface area contributed by atoms with Crippen LogP contribution in [0.25, 0.3) is 0 Å². The SMILES string of the molecule is Cc1csc(CN2C[C@@H]3COC[C@@H](CC(=O)NCC4CC4)[C@@H]3C2)n1. The molecule has 5 nitrogen and oxygen atoms in total. The van der Waals surface area contributed by atoms with Crippen LogP contribution in [-0.2, 0) is 16.1 Å². The molecule has 0 bridgehead atoms. The van der Waals surface area contributed by atoms with Gasteiger partial charge in [-0.1, -0.05) is 0 Å². The van der Waals surface area contributed by atoms with Crippen molar-refractivity contribution in [2.75, 3.05) is 32.8 Å². The van der Waals surface area contributed by atoms with Crippen molar-refractivity contribution in [3.8, 4) is 0 Å². The van der Waals surface area contributed by atoms with Crippen LogP contribution in [0.3, 0.4) is 0 Å². The summed E-state index contributed by atoms with van der Waals surface area (Å²) in [6.45, 7) is 7.59. The Kier molecular flexibility index (Phi) is 4.88. The summed E-state index contributed by atoms with van der Waals surface area (Å²) in [7, 11) is 0. The first-order chi connectivity index (χ1) is 11.7. The summed E-state index contributed by atoms with van der Waals surface area (Å²) in [6, 6.07) is 0. The summed E-state index contributed by atoms with van der Waals surface area (Å²) in [6.07, 6.45) is 3.18. The fraction of sp³-hybridized carbons (Fsp3) is 0.778. The molecule has 1 aliphatic carbocycles. The number of likely N-dealkylation sites (tertiary alicyclic amines) is 1. The van der Waals surface area contributed by atoms with E-state index in [4.69, 9.17) is 4.74 Å². The van der Waals surface area contributed by atoms with Gasteiger partial charge in [-0.15, -0.1) is 11.3 Å². The van der Waals surface area contributed by atoms with Crippen LogP contribution in [0.1, 0.15) is 30.0 Å². The van der Waals surface area contributed by atoms with Crippen molar-refractivity contribution in [2.24, 2.45) is 23.7 Å². The number of ether oxygens (including phenoxy) is 1.